The van der Waals surface area contributed by atoms with E-state index in [0.717, 1.165) is 25.1 Å². The van der Waals surface area contributed by atoms with Gasteiger partial charge in [0.25, 0.3) is 0 Å². The third kappa shape index (κ3) is 3.22. The lowest BCUT2D eigenvalue weighted by Crippen LogP contribution is -2.39. The van der Waals surface area contributed by atoms with E-state index in [1.54, 1.807) is 11.8 Å². The molecule has 1 rings (SSSR count). The first-order valence-corrected chi connectivity index (χ1v) is 6.33. The summed E-state index contributed by atoms with van der Waals surface area (Å²) in [6.45, 7) is 1.48. The van der Waals surface area contributed by atoms with Crippen LogP contribution in [-0.4, -0.2) is 35.9 Å². The van der Waals surface area contributed by atoms with E-state index in [1.165, 1.54) is 0 Å². The maximum Gasteiger partial charge on any atom is 0.223 e. The van der Waals surface area contributed by atoms with Crippen LogP contribution >= 0.6 is 11.8 Å². The van der Waals surface area contributed by atoms with Crippen molar-refractivity contribution in [3.8, 4) is 6.07 Å². The highest BCUT2D eigenvalue weighted by atomic mass is 32.2. The number of nitrogens with zero attached hydrogens (tertiary/aromatic N) is 2. The third-order valence-electron chi connectivity index (χ3n) is 2.48. The molecule has 14 heavy (non-hydrogen) atoms. The molecule has 1 aliphatic heterocycles. The first kappa shape index (κ1) is 11.4. The number of piperidine rings is 1. The van der Waals surface area contributed by atoms with Crippen molar-refractivity contribution in [1.29, 1.82) is 5.26 Å². The van der Waals surface area contributed by atoms with Crippen LogP contribution in [0.3, 0.4) is 0 Å². The Morgan fingerprint density at radius 2 is 2.50 bits per heavy atom. The molecular weight excluding hydrogens is 196 g/mol. The Kier molecular flexibility index (Phi) is 4.81. The number of thioether (sulfide) groups is 1. The molecule has 1 fully saturated rings. The first-order valence-electron chi connectivity index (χ1n) is 4.94. The molecule has 3 nitrogen and oxygen atoms in total. The lowest BCUT2D eigenvalue weighted by atomic mass is 9.99. The van der Waals surface area contributed by atoms with Crippen LogP contribution in [0.5, 0.6) is 0 Å². The predicted molar refractivity (Wildman–Crippen MR) is 57.9 cm³/mol. The Hall–Kier alpha value is -0.690. The number of likely N-dealkylation sites (tertiary alicyclic amines) is 1. The zero-order chi connectivity index (χ0) is 10.4. The molecule has 0 N–H and O–H groups in total. The topological polar surface area (TPSA) is 44.1 Å². The fourth-order valence-corrected chi connectivity index (χ4v) is 2.04. The summed E-state index contributed by atoms with van der Waals surface area (Å²) >= 11 is 1.69. The molecule has 0 saturated carbocycles. The molecule has 0 aromatic heterocycles. The first-order chi connectivity index (χ1) is 6.77. The van der Waals surface area contributed by atoms with Crippen molar-refractivity contribution in [2.24, 2.45) is 5.92 Å². The maximum atomic E-state index is 11.6. The Morgan fingerprint density at radius 1 is 1.71 bits per heavy atom. The maximum absolute atomic E-state index is 11.6. The van der Waals surface area contributed by atoms with Crippen molar-refractivity contribution in [1.82, 2.24) is 4.90 Å². The van der Waals surface area contributed by atoms with Crippen LogP contribution in [0.4, 0.5) is 0 Å². The molecular formula is C10H16N2OS. The quantitative estimate of drug-likeness (QED) is 0.712. The standard InChI is InChI=1S/C10H16N2OS/c1-14-6-4-10(13)12-5-2-3-9(7-11)8-12/h9H,2-6,8H2,1H3. The Morgan fingerprint density at radius 3 is 3.14 bits per heavy atom. The SMILES string of the molecule is CSCCC(=O)N1CCCC(C#N)C1. The summed E-state index contributed by atoms with van der Waals surface area (Å²) < 4.78 is 0. The van der Waals surface area contributed by atoms with Gasteiger partial charge in [-0.25, -0.2) is 0 Å². The van der Waals surface area contributed by atoms with Gasteiger partial charge in [0.05, 0.1) is 12.0 Å². The lowest BCUT2D eigenvalue weighted by Gasteiger charge is -2.29. The molecule has 1 atom stereocenters. The molecule has 0 aromatic rings. The van der Waals surface area contributed by atoms with E-state index >= 15 is 0 Å². The largest absolute Gasteiger partial charge is 0.341 e. The molecule has 0 aliphatic carbocycles. The van der Waals surface area contributed by atoms with Gasteiger partial charge in [-0.3, -0.25) is 4.79 Å². The van der Waals surface area contributed by atoms with E-state index in [4.69, 9.17) is 5.26 Å². The van der Waals surface area contributed by atoms with Crippen LogP contribution in [0.1, 0.15) is 19.3 Å². The van der Waals surface area contributed by atoms with Crippen LogP contribution < -0.4 is 0 Å². The third-order valence-corrected chi connectivity index (χ3v) is 3.09. The van der Waals surface area contributed by atoms with Gasteiger partial charge in [0, 0.05) is 25.3 Å². The highest BCUT2D eigenvalue weighted by Crippen LogP contribution is 2.16. The second-order valence-corrected chi connectivity index (χ2v) is 4.54. The summed E-state index contributed by atoms with van der Waals surface area (Å²) in [5, 5.41) is 8.77. The molecule has 1 heterocycles. The number of nitriles is 1. The van der Waals surface area contributed by atoms with E-state index in [2.05, 4.69) is 6.07 Å². The van der Waals surface area contributed by atoms with Crippen molar-refractivity contribution >= 4 is 17.7 Å². The van der Waals surface area contributed by atoms with Gasteiger partial charge in [-0.2, -0.15) is 17.0 Å². The summed E-state index contributed by atoms with van der Waals surface area (Å²) in [4.78, 5) is 13.5. The Bertz CT molecular complexity index is 237. The van der Waals surface area contributed by atoms with E-state index in [0.29, 0.717) is 13.0 Å². The van der Waals surface area contributed by atoms with Gasteiger partial charge in [-0.1, -0.05) is 0 Å². The molecule has 0 bridgehead atoms. The average Bonchev–Trinajstić information content (AvgIpc) is 2.26. The number of amides is 1. The van der Waals surface area contributed by atoms with Gasteiger partial charge < -0.3 is 4.90 Å². The summed E-state index contributed by atoms with van der Waals surface area (Å²) in [7, 11) is 0. The van der Waals surface area contributed by atoms with Crippen molar-refractivity contribution in [2.75, 3.05) is 25.1 Å². The predicted octanol–water partition coefficient (Wildman–Crippen LogP) is 1.50. The number of carbonyl (C=O) groups is 1. The molecule has 1 saturated heterocycles. The minimum Gasteiger partial charge on any atom is -0.341 e. The number of hydrogen-bond acceptors (Lipinski definition) is 3. The van der Waals surface area contributed by atoms with Gasteiger partial charge >= 0.3 is 0 Å². The minimum absolute atomic E-state index is 0.0574. The van der Waals surface area contributed by atoms with Crippen LogP contribution in [-0.2, 0) is 4.79 Å². The number of hydrogen-bond donors (Lipinski definition) is 0. The molecule has 0 aromatic carbocycles. The fourth-order valence-electron chi connectivity index (χ4n) is 1.66. The Labute approximate surface area is 89.5 Å². The average molecular weight is 212 g/mol. The number of rotatable bonds is 3. The van der Waals surface area contributed by atoms with Gasteiger partial charge in [0.15, 0.2) is 0 Å². The fraction of sp³-hybridized carbons (Fsp3) is 0.800. The van der Waals surface area contributed by atoms with Crippen molar-refractivity contribution in [3.63, 3.8) is 0 Å². The molecule has 1 amide bonds. The highest BCUT2D eigenvalue weighted by Gasteiger charge is 2.22. The van der Waals surface area contributed by atoms with Gasteiger partial charge in [-0.05, 0) is 19.1 Å². The lowest BCUT2D eigenvalue weighted by molar-refractivity contribution is -0.132. The zero-order valence-electron chi connectivity index (χ0n) is 8.53. The summed E-state index contributed by atoms with van der Waals surface area (Å²) in [5.74, 6) is 1.15. The van der Waals surface area contributed by atoms with Crippen LogP contribution in [0, 0.1) is 17.2 Å². The zero-order valence-corrected chi connectivity index (χ0v) is 9.35. The Balaban J connectivity index is 2.36. The second kappa shape index (κ2) is 5.92. The van der Waals surface area contributed by atoms with E-state index in [-0.39, 0.29) is 11.8 Å². The van der Waals surface area contributed by atoms with E-state index in [9.17, 15) is 4.79 Å². The van der Waals surface area contributed by atoms with Crippen molar-refractivity contribution < 1.29 is 4.79 Å². The molecule has 0 spiro atoms. The molecule has 4 heteroatoms. The normalized spacial score (nSPS) is 21.7. The van der Waals surface area contributed by atoms with Crippen LogP contribution in [0.2, 0.25) is 0 Å². The van der Waals surface area contributed by atoms with Crippen LogP contribution in [0.15, 0.2) is 0 Å². The molecule has 1 aliphatic rings. The molecule has 1 unspecified atom stereocenters. The highest BCUT2D eigenvalue weighted by molar-refractivity contribution is 7.98. The van der Waals surface area contributed by atoms with Crippen LogP contribution in [0.25, 0.3) is 0 Å². The minimum atomic E-state index is 0.0574. The molecule has 78 valence electrons. The van der Waals surface area contributed by atoms with Gasteiger partial charge in [-0.15, -0.1) is 0 Å². The monoisotopic (exact) mass is 212 g/mol. The summed E-state index contributed by atoms with van der Waals surface area (Å²) in [5.41, 5.74) is 0. The van der Waals surface area contributed by atoms with E-state index in [1.807, 2.05) is 11.2 Å². The smallest absolute Gasteiger partial charge is 0.223 e. The van der Waals surface area contributed by atoms with Crippen molar-refractivity contribution in [2.45, 2.75) is 19.3 Å². The van der Waals surface area contributed by atoms with Gasteiger partial charge in [0.1, 0.15) is 0 Å². The molecule has 0 radical (unpaired) electrons. The number of carbonyl (C=O) groups excluding carboxylic acids is 1. The van der Waals surface area contributed by atoms with Crippen molar-refractivity contribution in [3.05, 3.63) is 0 Å². The van der Waals surface area contributed by atoms with E-state index < -0.39 is 0 Å². The second-order valence-electron chi connectivity index (χ2n) is 3.55. The van der Waals surface area contributed by atoms with Gasteiger partial charge in [0.2, 0.25) is 5.91 Å². The summed E-state index contributed by atoms with van der Waals surface area (Å²) in [6, 6.07) is 2.25. The summed E-state index contributed by atoms with van der Waals surface area (Å²) in [6.07, 6.45) is 4.53.